The number of benzene rings is 1. The fourth-order valence-electron chi connectivity index (χ4n) is 1.30. The monoisotopic (exact) mass is 164 g/mol. The predicted octanol–water partition coefficient (Wildman–Crippen LogP) is 2.34. The van der Waals surface area contributed by atoms with Gasteiger partial charge in [-0.1, -0.05) is 0 Å². The molecule has 2 rings (SSSR count). The zero-order chi connectivity index (χ0) is 7.84. The van der Waals surface area contributed by atoms with E-state index in [-0.39, 0.29) is 6.15 Å². The molecule has 3 nitrogen and oxygen atoms in total. The number of aromatic nitrogens is 1. The fourth-order valence-corrected chi connectivity index (χ4v) is 1.30. The molecule has 0 radical (unpaired) electrons. The summed E-state index contributed by atoms with van der Waals surface area (Å²) in [7, 11) is 0. The van der Waals surface area contributed by atoms with E-state index < -0.39 is 0 Å². The Bertz CT molecular complexity index is 392. The van der Waals surface area contributed by atoms with Crippen LogP contribution in [-0.2, 0) is 0 Å². The third-order valence-corrected chi connectivity index (χ3v) is 1.78. The second-order valence-electron chi connectivity index (χ2n) is 2.73. The summed E-state index contributed by atoms with van der Waals surface area (Å²) >= 11 is 0. The van der Waals surface area contributed by atoms with Gasteiger partial charge in [-0.25, -0.2) is 0 Å². The van der Waals surface area contributed by atoms with Crippen LogP contribution < -0.4 is 6.15 Å². The van der Waals surface area contributed by atoms with E-state index in [1.807, 2.05) is 25.3 Å². The molecule has 0 saturated heterocycles. The van der Waals surface area contributed by atoms with Crippen LogP contribution in [0.1, 0.15) is 5.56 Å². The van der Waals surface area contributed by atoms with Crippen LogP contribution in [0.2, 0.25) is 0 Å². The van der Waals surface area contributed by atoms with E-state index in [1.165, 1.54) is 0 Å². The number of phenols is 1. The average molecular weight is 164 g/mol. The maximum Gasteiger partial charge on any atom is 0.139 e. The molecule has 0 bridgehead atoms. The van der Waals surface area contributed by atoms with E-state index in [4.69, 9.17) is 0 Å². The normalized spacial score (nSPS) is 9.75. The summed E-state index contributed by atoms with van der Waals surface area (Å²) < 4.78 is 0. The molecule has 0 fully saturated rings. The first-order chi connectivity index (χ1) is 5.27. The molecule has 0 atom stereocenters. The molecule has 0 unspecified atom stereocenters. The van der Waals surface area contributed by atoms with E-state index in [0.717, 1.165) is 16.5 Å². The van der Waals surface area contributed by atoms with Crippen LogP contribution in [-0.4, -0.2) is 10.1 Å². The van der Waals surface area contributed by atoms with Crippen molar-refractivity contribution in [2.24, 2.45) is 0 Å². The number of fused-ring (bicyclic) bond motifs is 1. The Hall–Kier alpha value is -1.48. The van der Waals surface area contributed by atoms with Crippen molar-refractivity contribution in [3.8, 4) is 5.75 Å². The van der Waals surface area contributed by atoms with Crippen LogP contribution in [0.25, 0.3) is 10.9 Å². The number of hydrogen-bond acceptors (Lipinski definition) is 2. The van der Waals surface area contributed by atoms with Crippen molar-refractivity contribution in [2.75, 3.05) is 0 Å². The standard InChI is InChI=1S/C9H9NO.H3N/c1-6-4-7-2-3-10-9(7)8(11)5-6;/h2-5,10-11H,1H3;1H3. The van der Waals surface area contributed by atoms with Crippen molar-refractivity contribution in [1.29, 1.82) is 0 Å². The molecule has 0 aliphatic rings. The van der Waals surface area contributed by atoms with Gasteiger partial charge in [0.2, 0.25) is 0 Å². The van der Waals surface area contributed by atoms with Crippen molar-refractivity contribution in [1.82, 2.24) is 11.1 Å². The average Bonchev–Trinajstić information content (AvgIpc) is 2.34. The van der Waals surface area contributed by atoms with Crippen molar-refractivity contribution in [2.45, 2.75) is 6.92 Å². The van der Waals surface area contributed by atoms with Crippen molar-refractivity contribution < 1.29 is 5.11 Å². The number of nitrogens with one attached hydrogen (secondary N) is 1. The Morgan fingerprint density at radius 2 is 2.08 bits per heavy atom. The van der Waals surface area contributed by atoms with Crippen molar-refractivity contribution >= 4 is 10.9 Å². The number of rotatable bonds is 0. The van der Waals surface area contributed by atoms with Crippen LogP contribution in [0.15, 0.2) is 24.4 Å². The Kier molecular flexibility index (Phi) is 2.06. The highest BCUT2D eigenvalue weighted by atomic mass is 16.3. The van der Waals surface area contributed by atoms with Gasteiger partial charge in [-0.3, -0.25) is 0 Å². The van der Waals surface area contributed by atoms with Crippen molar-refractivity contribution in [3.63, 3.8) is 0 Å². The smallest absolute Gasteiger partial charge is 0.139 e. The lowest BCUT2D eigenvalue weighted by Crippen LogP contribution is -1.73. The van der Waals surface area contributed by atoms with Gasteiger partial charge in [0.05, 0.1) is 5.52 Å². The first-order valence-corrected chi connectivity index (χ1v) is 3.54. The minimum Gasteiger partial charge on any atom is -0.506 e. The molecular weight excluding hydrogens is 152 g/mol. The Balaban J connectivity index is 0.000000720. The van der Waals surface area contributed by atoms with Gasteiger partial charge in [0.25, 0.3) is 0 Å². The zero-order valence-electron chi connectivity index (χ0n) is 6.96. The highest BCUT2D eigenvalue weighted by Gasteiger charge is 1.99. The molecule has 1 aromatic carbocycles. The highest BCUT2D eigenvalue weighted by Crippen LogP contribution is 2.24. The number of hydrogen-bond donors (Lipinski definition) is 3. The van der Waals surface area contributed by atoms with E-state index in [9.17, 15) is 5.11 Å². The van der Waals surface area contributed by atoms with Crippen LogP contribution in [0.3, 0.4) is 0 Å². The van der Waals surface area contributed by atoms with Crippen LogP contribution in [0, 0.1) is 6.92 Å². The van der Waals surface area contributed by atoms with Crippen LogP contribution in [0.5, 0.6) is 5.75 Å². The third kappa shape index (κ3) is 1.14. The topological polar surface area (TPSA) is 71.0 Å². The van der Waals surface area contributed by atoms with Gasteiger partial charge in [0, 0.05) is 11.6 Å². The Labute approximate surface area is 70.6 Å². The summed E-state index contributed by atoms with van der Waals surface area (Å²) in [6.07, 6.45) is 1.82. The molecule has 12 heavy (non-hydrogen) atoms. The second-order valence-corrected chi connectivity index (χ2v) is 2.73. The van der Waals surface area contributed by atoms with E-state index >= 15 is 0 Å². The largest absolute Gasteiger partial charge is 0.506 e. The molecule has 0 aliphatic heterocycles. The summed E-state index contributed by atoms with van der Waals surface area (Å²) in [6, 6.07) is 5.73. The van der Waals surface area contributed by atoms with E-state index in [0.29, 0.717) is 5.75 Å². The fraction of sp³-hybridized carbons (Fsp3) is 0.111. The molecular formula is C9H12N2O. The van der Waals surface area contributed by atoms with Gasteiger partial charge in [-0.15, -0.1) is 0 Å². The second kappa shape index (κ2) is 2.87. The summed E-state index contributed by atoms with van der Waals surface area (Å²) in [5, 5.41) is 10.5. The zero-order valence-corrected chi connectivity index (χ0v) is 6.96. The first kappa shape index (κ1) is 8.62. The summed E-state index contributed by atoms with van der Waals surface area (Å²) in [5.41, 5.74) is 1.89. The molecule has 3 heteroatoms. The number of aromatic amines is 1. The molecule has 64 valence electrons. The van der Waals surface area contributed by atoms with Gasteiger partial charge in [-0.2, -0.15) is 0 Å². The molecule has 2 aromatic rings. The lowest BCUT2D eigenvalue weighted by atomic mass is 10.2. The molecule has 1 aromatic heterocycles. The van der Waals surface area contributed by atoms with E-state index in [1.54, 1.807) is 6.07 Å². The molecule has 0 saturated carbocycles. The first-order valence-electron chi connectivity index (χ1n) is 3.54. The number of H-pyrrole nitrogens is 1. The molecule has 0 aliphatic carbocycles. The lowest BCUT2D eigenvalue weighted by molar-refractivity contribution is 0.480. The minimum absolute atomic E-state index is 0. The van der Waals surface area contributed by atoms with Gasteiger partial charge in [0.1, 0.15) is 5.75 Å². The molecule has 0 spiro atoms. The summed E-state index contributed by atoms with van der Waals surface area (Å²) in [6.45, 7) is 1.96. The third-order valence-electron chi connectivity index (χ3n) is 1.78. The van der Waals surface area contributed by atoms with Gasteiger partial charge >= 0.3 is 0 Å². The van der Waals surface area contributed by atoms with Gasteiger partial charge < -0.3 is 16.2 Å². The summed E-state index contributed by atoms with van der Waals surface area (Å²) in [4.78, 5) is 2.97. The van der Waals surface area contributed by atoms with E-state index in [2.05, 4.69) is 4.98 Å². The van der Waals surface area contributed by atoms with Crippen molar-refractivity contribution in [3.05, 3.63) is 30.0 Å². The number of phenolic OH excluding ortho intramolecular Hbond substituents is 1. The Morgan fingerprint density at radius 3 is 2.83 bits per heavy atom. The summed E-state index contributed by atoms with van der Waals surface area (Å²) in [5.74, 6) is 0.324. The highest BCUT2D eigenvalue weighted by molar-refractivity contribution is 5.85. The van der Waals surface area contributed by atoms with Crippen LogP contribution in [0.4, 0.5) is 0 Å². The number of aromatic hydroxyl groups is 1. The Morgan fingerprint density at radius 1 is 1.33 bits per heavy atom. The maximum atomic E-state index is 9.41. The molecule has 5 N–H and O–H groups in total. The van der Waals surface area contributed by atoms with Crippen LogP contribution >= 0.6 is 0 Å². The quantitative estimate of drug-likeness (QED) is 0.559. The lowest BCUT2D eigenvalue weighted by Gasteiger charge is -1.96. The SMILES string of the molecule is Cc1cc(O)c2[nH]ccc2c1.N. The predicted molar refractivity (Wildman–Crippen MR) is 49.7 cm³/mol. The molecule has 0 amide bonds. The molecule has 1 heterocycles. The van der Waals surface area contributed by atoms with Gasteiger partial charge in [0.15, 0.2) is 0 Å². The maximum absolute atomic E-state index is 9.41. The minimum atomic E-state index is 0. The van der Waals surface area contributed by atoms with Gasteiger partial charge in [-0.05, 0) is 30.7 Å². The number of aryl methyl sites for hydroxylation is 1.